The van der Waals surface area contributed by atoms with Gasteiger partial charge in [0.05, 0.1) is 0 Å². The molecule has 21 heavy (non-hydrogen) atoms. The molecular weight excluding hydrogens is 258 g/mol. The van der Waals surface area contributed by atoms with Crippen molar-refractivity contribution in [3.63, 3.8) is 0 Å². The molecule has 2 aromatic carbocycles. The third-order valence-corrected chi connectivity index (χ3v) is 3.29. The van der Waals surface area contributed by atoms with Gasteiger partial charge in [0.2, 0.25) is 0 Å². The van der Waals surface area contributed by atoms with Gasteiger partial charge in [0, 0.05) is 12.8 Å². The van der Waals surface area contributed by atoms with E-state index in [9.17, 15) is 0 Å². The Morgan fingerprint density at radius 3 is 2.38 bits per heavy atom. The molecule has 0 unspecified atom stereocenters. The van der Waals surface area contributed by atoms with E-state index >= 15 is 0 Å². The fraction of sp³-hybridized carbons (Fsp3) is 0.316. The number of rotatable bonds is 7. The highest BCUT2D eigenvalue weighted by Gasteiger charge is 1.96. The second kappa shape index (κ2) is 8.25. The van der Waals surface area contributed by atoms with Crippen molar-refractivity contribution in [3.05, 3.63) is 65.2 Å². The monoisotopic (exact) mass is 281 g/mol. The molecule has 0 heterocycles. The van der Waals surface area contributed by atoms with Crippen molar-refractivity contribution in [2.75, 3.05) is 6.54 Å². The first kappa shape index (κ1) is 15.3. The molecule has 0 atom stereocenters. The second-order valence-electron chi connectivity index (χ2n) is 5.23. The molecule has 0 fully saturated rings. The van der Waals surface area contributed by atoms with Crippen molar-refractivity contribution < 1.29 is 4.74 Å². The Hall–Kier alpha value is -2.09. The van der Waals surface area contributed by atoms with Crippen molar-refractivity contribution in [1.29, 1.82) is 0 Å². The minimum atomic E-state index is 0.601. The first-order valence-corrected chi connectivity index (χ1v) is 7.56. The second-order valence-corrected chi connectivity index (χ2v) is 5.23. The summed E-state index contributed by atoms with van der Waals surface area (Å²) in [5.74, 6) is 0.890. The number of hydrogen-bond acceptors (Lipinski definition) is 2. The van der Waals surface area contributed by atoms with Crippen LogP contribution in [-0.2, 0) is 6.61 Å². The van der Waals surface area contributed by atoms with E-state index in [0.29, 0.717) is 6.61 Å². The normalized spacial score (nSPS) is 11.0. The molecule has 0 saturated heterocycles. The van der Waals surface area contributed by atoms with E-state index in [-0.39, 0.29) is 0 Å². The average Bonchev–Trinajstić information content (AvgIpc) is 2.52. The summed E-state index contributed by atoms with van der Waals surface area (Å²) >= 11 is 0. The third-order valence-electron chi connectivity index (χ3n) is 3.29. The van der Waals surface area contributed by atoms with E-state index < -0.39 is 0 Å². The Morgan fingerprint density at radius 1 is 1.00 bits per heavy atom. The Morgan fingerprint density at radius 2 is 1.71 bits per heavy atom. The Kier molecular flexibility index (Phi) is 6.01. The van der Waals surface area contributed by atoms with Crippen molar-refractivity contribution >= 4 is 6.21 Å². The van der Waals surface area contributed by atoms with E-state index in [1.54, 1.807) is 0 Å². The summed E-state index contributed by atoms with van der Waals surface area (Å²) < 4.78 is 5.79. The summed E-state index contributed by atoms with van der Waals surface area (Å²) in [5, 5.41) is 0. The van der Waals surface area contributed by atoms with Crippen LogP contribution < -0.4 is 4.74 Å². The molecule has 0 radical (unpaired) electrons. The number of aryl methyl sites for hydroxylation is 1. The van der Waals surface area contributed by atoms with E-state index in [0.717, 1.165) is 24.3 Å². The van der Waals surface area contributed by atoms with E-state index in [1.165, 1.54) is 17.5 Å². The van der Waals surface area contributed by atoms with Crippen LogP contribution in [0.1, 0.15) is 36.5 Å². The maximum Gasteiger partial charge on any atom is 0.119 e. The SMILES string of the molecule is CCCCN=Cc1ccc(OCc2ccc(C)cc2)cc1. The lowest BCUT2D eigenvalue weighted by Gasteiger charge is -2.06. The highest BCUT2D eigenvalue weighted by molar-refractivity contribution is 5.79. The van der Waals surface area contributed by atoms with Gasteiger partial charge in [0.25, 0.3) is 0 Å². The number of unbranched alkanes of at least 4 members (excludes halogenated alkanes) is 1. The molecule has 0 bridgehead atoms. The van der Waals surface area contributed by atoms with Crippen LogP contribution in [0.25, 0.3) is 0 Å². The molecule has 2 rings (SSSR count). The van der Waals surface area contributed by atoms with E-state index in [2.05, 4.69) is 43.1 Å². The van der Waals surface area contributed by atoms with Crippen LogP contribution >= 0.6 is 0 Å². The minimum Gasteiger partial charge on any atom is -0.489 e. The number of hydrogen-bond donors (Lipinski definition) is 0. The van der Waals surface area contributed by atoms with Gasteiger partial charge in [-0.2, -0.15) is 0 Å². The fourth-order valence-electron chi connectivity index (χ4n) is 1.92. The molecule has 2 nitrogen and oxygen atoms in total. The van der Waals surface area contributed by atoms with E-state index in [4.69, 9.17) is 4.74 Å². The van der Waals surface area contributed by atoms with Gasteiger partial charge in [0.1, 0.15) is 12.4 Å². The maximum absolute atomic E-state index is 5.79. The van der Waals surface area contributed by atoms with Crippen molar-refractivity contribution in [2.24, 2.45) is 4.99 Å². The van der Waals surface area contributed by atoms with Crippen LogP contribution in [0.3, 0.4) is 0 Å². The molecule has 0 aliphatic heterocycles. The summed E-state index contributed by atoms with van der Waals surface area (Å²) in [6, 6.07) is 16.5. The smallest absolute Gasteiger partial charge is 0.119 e. The Labute approximate surface area is 127 Å². The number of benzene rings is 2. The number of nitrogens with zero attached hydrogens (tertiary/aromatic N) is 1. The maximum atomic E-state index is 5.79. The zero-order valence-corrected chi connectivity index (χ0v) is 12.9. The van der Waals surface area contributed by atoms with Gasteiger partial charge in [-0.3, -0.25) is 4.99 Å². The van der Waals surface area contributed by atoms with Gasteiger partial charge in [0.15, 0.2) is 0 Å². The van der Waals surface area contributed by atoms with Crippen LogP contribution in [0, 0.1) is 6.92 Å². The molecule has 0 N–H and O–H groups in total. The standard InChI is InChI=1S/C19H23NO/c1-3-4-13-20-14-17-9-11-19(12-10-17)21-15-18-7-5-16(2)6-8-18/h5-12,14H,3-4,13,15H2,1-2H3. The molecular formula is C19H23NO. The van der Waals surface area contributed by atoms with Gasteiger partial charge in [-0.05, 0) is 48.7 Å². The molecule has 0 aliphatic carbocycles. The zero-order valence-electron chi connectivity index (χ0n) is 12.9. The predicted molar refractivity (Wildman–Crippen MR) is 89.3 cm³/mol. The summed E-state index contributed by atoms with van der Waals surface area (Å²) in [7, 11) is 0. The number of aliphatic imine (C=N–C) groups is 1. The van der Waals surface area contributed by atoms with Gasteiger partial charge < -0.3 is 4.74 Å². The summed E-state index contributed by atoms with van der Waals surface area (Å²) in [6.07, 6.45) is 4.26. The fourth-order valence-corrected chi connectivity index (χ4v) is 1.92. The average molecular weight is 281 g/mol. The molecule has 110 valence electrons. The molecule has 0 aliphatic rings. The van der Waals surface area contributed by atoms with Crippen LogP contribution in [0.4, 0.5) is 0 Å². The third kappa shape index (κ3) is 5.42. The molecule has 0 saturated carbocycles. The minimum absolute atomic E-state index is 0.601. The van der Waals surface area contributed by atoms with Crippen LogP contribution in [0.2, 0.25) is 0 Å². The lowest BCUT2D eigenvalue weighted by Crippen LogP contribution is -1.95. The highest BCUT2D eigenvalue weighted by Crippen LogP contribution is 2.14. The number of ether oxygens (including phenoxy) is 1. The zero-order chi connectivity index (χ0) is 14.9. The van der Waals surface area contributed by atoms with Crippen molar-refractivity contribution in [2.45, 2.75) is 33.3 Å². The Bertz CT molecular complexity index is 555. The first-order valence-electron chi connectivity index (χ1n) is 7.56. The van der Waals surface area contributed by atoms with Gasteiger partial charge in [-0.1, -0.05) is 43.2 Å². The first-order chi connectivity index (χ1) is 10.3. The quantitative estimate of drug-likeness (QED) is 0.528. The predicted octanol–water partition coefficient (Wildman–Crippen LogP) is 4.79. The largest absolute Gasteiger partial charge is 0.489 e. The molecule has 2 heteroatoms. The van der Waals surface area contributed by atoms with Crippen LogP contribution in [-0.4, -0.2) is 12.8 Å². The Balaban J connectivity index is 1.84. The van der Waals surface area contributed by atoms with Crippen LogP contribution in [0.5, 0.6) is 5.75 Å². The van der Waals surface area contributed by atoms with Crippen LogP contribution in [0.15, 0.2) is 53.5 Å². The molecule has 0 spiro atoms. The summed E-state index contributed by atoms with van der Waals surface area (Å²) in [6.45, 7) is 5.77. The highest BCUT2D eigenvalue weighted by atomic mass is 16.5. The summed E-state index contributed by atoms with van der Waals surface area (Å²) in [4.78, 5) is 4.40. The van der Waals surface area contributed by atoms with Crippen molar-refractivity contribution in [1.82, 2.24) is 0 Å². The lowest BCUT2D eigenvalue weighted by molar-refractivity contribution is 0.306. The lowest BCUT2D eigenvalue weighted by atomic mass is 10.2. The van der Waals surface area contributed by atoms with Gasteiger partial charge in [-0.25, -0.2) is 0 Å². The summed E-state index contributed by atoms with van der Waals surface area (Å²) in [5.41, 5.74) is 3.57. The van der Waals surface area contributed by atoms with E-state index in [1.807, 2.05) is 30.5 Å². The van der Waals surface area contributed by atoms with Crippen molar-refractivity contribution in [3.8, 4) is 5.75 Å². The molecule has 2 aromatic rings. The molecule has 0 amide bonds. The van der Waals surface area contributed by atoms with Gasteiger partial charge >= 0.3 is 0 Å². The van der Waals surface area contributed by atoms with Gasteiger partial charge in [-0.15, -0.1) is 0 Å². The molecule has 0 aromatic heterocycles. The topological polar surface area (TPSA) is 21.6 Å².